The van der Waals surface area contributed by atoms with Gasteiger partial charge in [-0.3, -0.25) is 4.79 Å². The third-order valence-corrected chi connectivity index (χ3v) is 5.76. The molecule has 1 aromatic carbocycles. The zero-order valence-electron chi connectivity index (χ0n) is 14.9. The monoisotopic (exact) mass is 355 g/mol. The Morgan fingerprint density at radius 3 is 2.84 bits per heavy atom. The van der Waals surface area contributed by atoms with E-state index in [2.05, 4.69) is 28.7 Å². The molecule has 1 aliphatic heterocycles. The van der Waals surface area contributed by atoms with E-state index < -0.39 is 0 Å². The van der Waals surface area contributed by atoms with Gasteiger partial charge in [0.05, 0.1) is 23.2 Å². The summed E-state index contributed by atoms with van der Waals surface area (Å²) in [5.41, 5.74) is 3.18. The number of hydrogen-bond donors (Lipinski definition) is 1. The molecule has 132 valence electrons. The first kappa shape index (κ1) is 17.8. The molecule has 25 heavy (non-hydrogen) atoms. The third kappa shape index (κ3) is 3.82. The van der Waals surface area contributed by atoms with Crippen molar-refractivity contribution in [3.8, 4) is 11.3 Å². The van der Waals surface area contributed by atoms with Crippen molar-refractivity contribution in [3.63, 3.8) is 0 Å². The highest BCUT2D eigenvalue weighted by atomic mass is 32.2. The number of H-pyrrole nitrogens is 1. The number of rotatable bonds is 5. The fourth-order valence-electron chi connectivity index (χ4n) is 3.27. The molecule has 1 fully saturated rings. The molecule has 2 atom stereocenters. The number of nitrogens with zero attached hydrogens (tertiary/aromatic N) is 2. The van der Waals surface area contributed by atoms with Crippen molar-refractivity contribution in [2.75, 3.05) is 12.8 Å². The Morgan fingerprint density at radius 2 is 2.16 bits per heavy atom. The molecule has 1 N–H and O–H groups in total. The van der Waals surface area contributed by atoms with E-state index in [0.717, 1.165) is 48.5 Å². The molecule has 2 aromatic rings. The SMILES string of the molecule is C=Cc1ccc(-c2cnc(C3CCCCN3C(=O)C(C)SC)[nH]2)cc1. The maximum atomic E-state index is 12.7. The van der Waals surface area contributed by atoms with Crippen molar-refractivity contribution in [1.29, 1.82) is 0 Å². The molecule has 4 nitrogen and oxygen atoms in total. The van der Waals surface area contributed by atoms with Crippen LogP contribution in [0.15, 0.2) is 37.0 Å². The van der Waals surface area contributed by atoms with Crippen LogP contribution in [0.3, 0.4) is 0 Å². The van der Waals surface area contributed by atoms with Crippen LogP contribution in [-0.2, 0) is 4.79 Å². The smallest absolute Gasteiger partial charge is 0.236 e. The minimum absolute atomic E-state index is 0.0125. The molecule has 0 saturated carbocycles. The van der Waals surface area contributed by atoms with Crippen molar-refractivity contribution in [2.45, 2.75) is 37.5 Å². The number of likely N-dealkylation sites (tertiary alicyclic amines) is 1. The normalized spacial score (nSPS) is 18.8. The molecule has 1 aromatic heterocycles. The molecular weight excluding hydrogens is 330 g/mol. The lowest BCUT2D eigenvalue weighted by molar-refractivity contribution is -0.134. The molecule has 3 rings (SSSR count). The Labute approximate surface area is 153 Å². The van der Waals surface area contributed by atoms with E-state index in [1.807, 2.05) is 42.5 Å². The van der Waals surface area contributed by atoms with Crippen LogP contribution >= 0.6 is 11.8 Å². The molecule has 1 saturated heterocycles. The van der Waals surface area contributed by atoms with E-state index in [-0.39, 0.29) is 17.2 Å². The highest BCUT2D eigenvalue weighted by Gasteiger charge is 2.32. The molecule has 2 unspecified atom stereocenters. The topological polar surface area (TPSA) is 49.0 Å². The van der Waals surface area contributed by atoms with Crippen molar-refractivity contribution < 1.29 is 4.79 Å². The van der Waals surface area contributed by atoms with Gasteiger partial charge in [-0.15, -0.1) is 0 Å². The van der Waals surface area contributed by atoms with E-state index in [0.29, 0.717) is 0 Å². The number of piperidine rings is 1. The van der Waals surface area contributed by atoms with Crippen LogP contribution in [-0.4, -0.2) is 38.8 Å². The van der Waals surface area contributed by atoms with Crippen LogP contribution in [0, 0.1) is 0 Å². The first-order valence-electron chi connectivity index (χ1n) is 8.75. The Hall–Kier alpha value is -2.01. The average Bonchev–Trinajstić information content (AvgIpc) is 3.17. The van der Waals surface area contributed by atoms with E-state index >= 15 is 0 Å². The van der Waals surface area contributed by atoms with Crippen molar-refractivity contribution in [3.05, 3.63) is 48.4 Å². The number of hydrogen-bond acceptors (Lipinski definition) is 3. The Balaban J connectivity index is 1.83. The van der Waals surface area contributed by atoms with Crippen LogP contribution in [0.4, 0.5) is 0 Å². The fourth-order valence-corrected chi connectivity index (χ4v) is 3.60. The molecule has 1 aliphatic rings. The van der Waals surface area contributed by atoms with Gasteiger partial charge in [0.1, 0.15) is 5.82 Å². The van der Waals surface area contributed by atoms with Gasteiger partial charge in [0.2, 0.25) is 5.91 Å². The van der Waals surface area contributed by atoms with Gasteiger partial charge < -0.3 is 9.88 Å². The molecule has 0 spiro atoms. The Bertz CT molecular complexity index is 738. The number of thioether (sulfide) groups is 1. The number of aromatic amines is 1. The van der Waals surface area contributed by atoms with Crippen molar-refractivity contribution in [2.24, 2.45) is 0 Å². The number of aromatic nitrogens is 2. The minimum atomic E-state index is -0.0125. The van der Waals surface area contributed by atoms with Crippen LogP contribution in [0.2, 0.25) is 0 Å². The molecular formula is C20H25N3OS. The highest BCUT2D eigenvalue weighted by molar-refractivity contribution is 7.99. The summed E-state index contributed by atoms with van der Waals surface area (Å²) in [4.78, 5) is 22.8. The van der Waals surface area contributed by atoms with E-state index in [1.54, 1.807) is 11.8 Å². The molecule has 2 heterocycles. The second-order valence-corrected chi connectivity index (χ2v) is 7.61. The van der Waals surface area contributed by atoms with Gasteiger partial charge >= 0.3 is 0 Å². The maximum absolute atomic E-state index is 12.7. The van der Waals surface area contributed by atoms with E-state index in [4.69, 9.17) is 0 Å². The predicted octanol–water partition coefficient (Wildman–Crippen LogP) is 4.52. The lowest BCUT2D eigenvalue weighted by Gasteiger charge is -2.36. The standard InChI is InChI=1S/C20H25N3OS/c1-4-15-8-10-16(11-9-15)17-13-21-19(22-17)18-7-5-6-12-23(18)20(24)14(2)25-3/h4,8-11,13-14,18H,1,5-7,12H2,2-3H3,(H,21,22). The molecule has 1 amide bonds. The van der Waals surface area contributed by atoms with Gasteiger partial charge in [-0.1, -0.05) is 36.9 Å². The second kappa shape index (κ2) is 7.91. The quantitative estimate of drug-likeness (QED) is 0.857. The van der Waals surface area contributed by atoms with Gasteiger partial charge in [0.25, 0.3) is 0 Å². The summed E-state index contributed by atoms with van der Waals surface area (Å²) in [6.45, 7) is 6.58. The Kier molecular flexibility index (Phi) is 5.63. The summed E-state index contributed by atoms with van der Waals surface area (Å²) in [6.07, 6.45) is 8.86. The number of benzene rings is 1. The molecule has 0 radical (unpaired) electrons. The van der Waals surface area contributed by atoms with Gasteiger partial charge in [0.15, 0.2) is 0 Å². The molecule has 0 bridgehead atoms. The van der Waals surface area contributed by atoms with Crippen molar-refractivity contribution >= 4 is 23.7 Å². The summed E-state index contributed by atoms with van der Waals surface area (Å²) >= 11 is 1.60. The first-order chi connectivity index (χ1) is 12.1. The highest BCUT2D eigenvalue weighted by Crippen LogP contribution is 2.32. The lowest BCUT2D eigenvalue weighted by Crippen LogP contribution is -2.42. The third-order valence-electron chi connectivity index (χ3n) is 4.86. The summed E-state index contributed by atoms with van der Waals surface area (Å²) in [7, 11) is 0. The van der Waals surface area contributed by atoms with Crippen LogP contribution < -0.4 is 0 Å². The molecule has 5 heteroatoms. The lowest BCUT2D eigenvalue weighted by atomic mass is 10.0. The van der Waals surface area contributed by atoms with Crippen LogP contribution in [0.25, 0.3) is 17.3 Å². The minimum Gasteiger partial charge on any atom is -0.340 e. The predicted molar refractivity (Wildman–Crippen MR) is 105 cm³/mol. The van der Waals surface area contributed by atoms with Gasteiger partial charge in [-0.05, 0) is 43.6 Å². The summed E-state index contributed by atoms with van der Waals surface area (Å²) in [5.74, 6) is 1.11. The number of nitrogens with one attached hydrogen (secondary N) is 1. The first-order valence-corrected chi connectivity index (χ1v) is 10.0. The summed E-state index contributed by atoms with van der Waals surface area (Å²) in [5, 5.41) is -0.0125. The number of carbonyl (C=O) groups is 1. The van der Waals surface area contributed by atoms with Crippen molar-refractivity contribution in [1.82, 2.24) is 14.9 Å². The Morgan fingerprint density at radius 1 is 1.40 bits per heavy atom. The zero-order chi connectivity index (χ0) is 17.8. The van der Waals surface area contributed by atoms with Gasteiger partial charge in [0, 0.05) is 6.54 Å². The number of imidazole rings is 1. The fraction of sp³-hybridized carbons (Fsp3) is 0.400. The largest absolute Gasteiger partial charge is 0.340 e. The van der Waals surface area contributed by atoms with E-state index in [9.17, 15) is 4.79 Å². The number of amides is 1. The molecule has 0 aliphatic carbocycles. The maximum Gasteiger partial charge on any atom is 0.236 e. The second-order valence-electron chi connectivity index (χ2n) is 6.43. The summed E-state index contributed by atoms with van der Waals surface area (Å²) < 4.78 is 0. The van der Waals surface area contributed by atoms with Gasteiger partial charge in [-0.2, -0.15) is 11.8 Å². The van der Waals surface area contributed by atoms with Crippen LogP contribution in [0.5, 0.6) is 0 Å². The van der Waals surface area contributed by atoms with Gasteiger partial charge in [-0.25, -0.2) is 4.98 Å². The van der Waals surface area contributed by atoms with E-state index in [1.165, 1.54) is 0 Å². The number of carbonyl (C=O) groups excluding carboxylic acids is 1. The average molecular weight is 356 g/mol. The summed E-state index contributed by atoms with van der Waals surface area (Å²) in [6, 6.07) is 8.26. The zero-order valence-corrected chi connectivity index (χ0v) is 15.7. The van der Waals surface area contributed by atoms with Crippen LogP contribution in [0.1, 0.15) is 43.6 Å².